The second kappa shape index (κ2) is 6.38. The minimum atomic E-state index is -0.464. The Morgan fingerprint density at radius 2 is 1.87 bits per heavy atom. The number of hydrogen-bond acceptors (Lipinski definition) is 4. The van der Waals surface area contributed by atoms with Crippen LogP contribution in [-0.4, -0.2) is 18.8 Å². The normalized spacial score (nSPS) is 17.1. The predicted molar refractivity (Wildman–Crippen MR) is 87.1 cm³/mol. The molecule has 2 aromatic carbocycles. The summed E-state index contributed by atoms with van der Waals surface area (Å²) in [5.41, 5.74) is 1.99. The number of carbonyl (C=O) groups is 1. The molecule has 23 heavy (non-hydrogen) atoms. The quantitative estimate of drug-likeness (QED) is 0.799. The van der Waals surface area contributed by atoms with E-state index in [1.807, 2.05) is 12.1 Å². The molecule has 0 aromatic heterocycles. The van der Waals surface area contributed by atoms with Gasteiger partial charge in [-0.3, -0.25) is 5.01 Å². The molecular formula is C17H14ClFN2O2. The van der Waals surface area contributed by atoms with Crippen molar-refractivity contribution in [2.75, 3.05) is 12.1 Å². The summed E-state index contributed by atoms with van der Waals surface area (Å²) in [4.78, 5) is 11.8. The molecule has 6 heteroatoms. The van der Waals surface area contributed by atoms with Gasteiger partial charge in [0.05, 0.1) is 18.8 Å². The highest BCUT2D eigenvalue weighted by molar-refractivity contribution is 6.37. The number of hydrazone groups is 1. The lowest BCUT2D eigenvalue weighted by Gasteiger charge is -2.24. The van der Waals surface area contributed by atoms with Crippen molar-refractivity contribution in [1.82, 2.24) is 0 Å². The van der Waals surface area contributed by atoms with Crippen molar-refractivity contribution >= 4 is 29.0 Å². The average Bonchev–Trinajstić information content (AvgIpc) is 3.01. The molecule has 1 aliphatic rings. The number of hydrogen-bond donors (Lipinski definition) is 0. The number of halogens is 2. The van der Waals surface area contributed by atoms with Gasteiger partial charge < -0.3 is 4.74 Å². The predicted octanol–water partition coefficient (Wildman–Crippen LogP) is 3.96. The highest BCUT2D eigenvalue weighted by Crippen LogP contribution is 2.35. The first kappa shape index (κ1) is 15.5. The lowest BCUT2D eigenvalue weighted by Crippen LogP contribution is -2.18. The van der Waals surface area contributed by atoms with Crippen LogP contribution in [0.4, 0.5) is 10.1 Å². The molecule has 0 saturated carbocycles. The fourth-order valence-electron chi connectivity index (χ4n) is 2.53. The highest BCUT2D eigenvalue weighted by Gasteiger charge is 2.32. The van der Waals surface area contributed by atoms with Gasteiger partial charge in [0.1, 0.15) is 11.5 Å². The van der Waals surface area contributed by atoms with E-state index in [2.05, 4.69) is 5.10 Å². The van der Waals surface area contributed by atoms with Crippen molar-refractivity contribution in [3.8, 4) is 0 Å². The molecule has 1 atom stereocenters. The summed E-state index contributed by atoms with van der Waals surface area (Å²) in [7, 11) is 1.32. The van der Waals surface area contributed by atoms with Crippen LogP contribution in [0.1, 0.15) is 18.0 Å². The van der Waals surface area contributed by atoms with E-state index in [0.29, 0.717) is 17.2 Å². The Balaban J connectivity index is 1.98. The monoisotopic (exact) mass is 332 g/mol. The summed E-state index contributed by atoms with van der Waals surface area (Å²) < 4.78 is 17.9. The van der Waals surface area contributed by atoms with Gasteiger partial charge in [0.25, 0.3) is 0 Å². The van der Waals surface area contributed by atoms with Gasteiger partial charge in [-0.2, -0.15) is 5.10 Å². The first-order chi connectivity index (χ1) is 11.1. The van der Waals surface area contributed by atoms with Crippen LogP contribution in [0.15, 0.2) is 53.6 Å². The van der Waals surface area contributed by atoms with E-state index in [-0.39, 0.29) is 11.9 Å². The van der Waals surface area contributed by atoms with Crippen molar-refractivity contribution in [1.29, 1.82) is 0 Å². The van der Waals surface area contributed by atoms with E-state index in [9.17, 15) is 9.18 Å². The van der Waals surface area contributed by atoms with Crippen LogP contribution in [0, 0.1) is 5.82 Å². The van der Waals surface area contributed by atoms with Gasteiger partial charge in [-0.1, -0.05) is 23.7 Å². The lowest BCUT2D eigenvalue weighted by atomic mass is 10.0. The standard InChI is InChI=1S/C17H14ClFN2O2/c1-23-17(22)15-10-16(11-2-6-13(19)7-3-11)21(20-15)14-8-4-12(18)5-9-14/h2-9,16H,10H2,1H3/t16-/m0/s1. The SMILES string of the molecule is COC(=O)C1=NN(c2ccc(Cl)cc2)[C@H](c2ccc(F)cc2)C1. The molecule has 0 unspecified atom stereocenters. The Labute approximate surface area is 138 Å². The first-order valence-corrected chi connectivity index (χ1v) is 7.42. The molecule has 0 radical (unpaired) electrons. The topological polar surface area (TPSA) is 41.9 Å². The maximum atomic E-state index is 13.2. The number of anilines is 1. The maximum absolute atomic E-state index is 13.2. The average molecular weight is 333 g/mol. The summed E-state index contributed by atoms with van der Waals surface area (Å²) in [6.07, 6.45) is 0.390. The summed E-state index contributed by atoms with van der Waals surface area (Å²) in [6.45, 7) is 0. The smallest absolute Gasteiger partial charge is 0.354 e. The molecule has 118 valence electrons. The molecule has 1 aliphatic heterocycles. The third-order valence-corrected chi connectivity index (χ3v) is 3.93. The van der Waals surface area contributed by atoms with E-state index in [0.717, 1.165) is 11.3 Å². The van der Waals surface area contributed by atoms with Crippen LogP contribution in [0.25, 0.3) is 0 Å². The minimum Gasteiger partial charge on any atom is -0.464 e. The number of carbonyl (C=O) groups excluding carboxylic acids is 1. The molecule has 0 fully saturated rings. The fraction of sp³-hybridized carbons (Fsp3) is 0.176. The number of methoxy groups -OCH3 is 1. The van der Waals surface area contributed by atoms with Gasteiger partial charge in [-0.05, 0) is 42.0 Å². The third-order valence-electron chi connectivity index (χ3n) is 3.68. The molecular weight excluding hydrogens is 319 g/mol. The Hall–Kier alpha value is -2.40. The third kappa shape index (κ3) is 3.19. The van der Waals surface area contributed by atoms with Crippen LogP contribution in [0.2, 0.25) is 5.02 Å². The zero-order valence-corrected chi connectivity index (χ0v) is 13.1. The molecule has 0 amide bonds. The van der Waals surface area contributed by atoms with E-state index >= 15 is 0 Å². The van der Waals surface area contributed by atoms with Crippen LogP contribution in [-0.2, 0) is 9.53 Å². The van der Waals surface area contributed by atoms with Crippen molar-refractivity contribution in [2.24, 2.45) is 5.10 Å². The minimum absolute atomic E-state index is 0.203. The Morgan fingerprint density at radius 3 is 2.48 bits per heavy atom. The first-order valence-electron chi connectivity index (χ1n) is 7.04. The largest absolute Gasteiger partial charge is 0.464 e. The molecule has 0 spiro atoms. The molecule has 0 saturated heterocycles. The number of nitrogens with zero attached hydrogens (tertiary/aromatic N) is 2. The van der Waals surface area contributed by atoms with E-state index in [1.165, 1.54) is 19.2 Å². The van der Waals surface area contributed by atoms with Crippen LogP contribution >= 0.6 is 11.6 Å². The summed E-state index contributed by atoms with van der Waals surface area (Å²) >= 11 is 5.92. The van der Waals surface area contributed by atoms with Gasteiger partial charge in [-0.15, -0.1) is 0 Å². The van der Waals surface area contributed by atoms with Gasteiger partial charge in [-0.25, -0.2) is 9.18 Å². The van der Waals surface area contributed by atoms with Crippen LogP contribution < -0.4 is 5.01 Å². The lowest BCUT2D eigenvalue weighted by molar-refractivity contribution is -0.132. The van der Waals surface area contributed by atoms with Crippen molar-refractivity contribution in [3.63, 3.8) is 0 Å². The Morgan fingerprint density at radius 1 is 1.22 bits per heavy atom. The fourth-order valence-corrected chi connectivity index (χ4v) is 2.65. The van der Waals surface area contributed by atoms with Gasteiger partial charge in [0, 0.05) is 11.4 Å². The number of rotatable bonds is 3. The molecule has 4 nitrogen and oxygen atoms in total. The van der Waals surface area contributed by atoms with Crippen molar-refractivity contribution in [3.05, 3.63) is 64.9 Å². The van der Waals surface area contributed by atoms with Gasteiger partial charge >= 0.3 is 5.97 Å². The van der Waals surface area contributed by atoms with E-state index in [4.69, 9.17) is 16.3 Å². The summed E-state index contributed by atoms with van der Waals surface area (Å²) in [5.74, 6) is -0.771. The van der Waals surface area contributed by atoms with Gasteiger partial charge in [0.2, 0.25) is 0 Å². The second-order valence-corrected chi connectivity index (χ2v) is 5.57. The van der Waals surface area contributed by atoms with Crippen molar-refractivity contribution in [2.45, 2.75) is 12.5 Å². The highest BCUT2D eigenvalue weighted by atomic mass is 35.5. The van der Waals surface area contributed by atoms with Crippen molar-refractivity contribution < 1.29 is 13.9 Å². The molecule has 0 bridgehead atoms. The molecule has 1 heterocycles. The van der Waals surface area contributed by atoms with Crippen LogP contribution in [0.3, 0.4) is 0 Å². The molecule has 3 rings (SSSR count). The Bertz CT molecular complexity index is 744. The zero-order valence-electron chi connectivity index (χ0n) is 12.4. The Kier molecular flexibility index (Phi) is 4.30. The van der Waals surface area contributed by atoms with E-state index < -0.39 is 5.97 Å². The number of ether oxygens (including phenoxy) is 1. The summed E-state index contributed by atoms with van der Waals surface area (Å²) in [6, 6.07) is 13.1. The molecule has 0 aliphatic carbocycles. The summed E-state index contributed by atoms with van der Waals surface area (Å²) in [5, 5.41) is 6.72. The zero-order chi connectivity index (χ0) is 16.4. The maximum Gasteiger partial charge on any atom is 0.354 e. The molecule has 0 N–H and O–H groups in total. The van der Waals surface area contributed by atoms with Gasteiger partial charge in [0.15, 0.2) is 0 Å². The molecule has 2 aromatic rings. The number of benzene rings is 2. The van der Waals surface area contributed by atoms with E-state index in [1.54, 1.807) is 29.3 Å². The second-order valence-electron chi connectivity index (χ2n) is 5.13. The van der Waals surface area contributed by atoms with Crippen LogP contribution in [0.5, 0.6) is 0 Å². The number of esters is 1.